The average Bonchev–Trinajstić information content (AvgIpc) is 2.75. The van der Waals surface area contributed by atoms with Gasteiger partial charge in [-0.2, -0.15) is 0 Å². The van der Waals surface area contributed by atoms with E-state index in [1.165, 1.54) is 0 Å². The van der Waals surface area contributed by atoms with Crippen LogP contribution in [0.3, 0.4) is 0 Å². The van der Waals surface area contributed by atoms with Gasteiger partial charge in [0.15, 0.2) is 6.29 Å². The molecule has 0 bridgehead atoms. The van der Waals surface area contributed by atoms with Crippen molar-refractivity contribution in [3.63, 3.8) is 0 Å². The number of benzene rings is 1. The molecule has 1 aliphatic rings. The summed E-state index contributed by atoms with van der Waals surface area (Å²) in [5.41, 5.74) is 1.16. The van der Waals surface area contributed by atoms with E-state index in [1.54, 1.807) is 27.7 Å². The third-order valence-electron chi connectivity index (χ3n) is 5.03. The Morgan fingerprint density at radius 2 is 1.25 bits per heavy atom. The van der Waals surface area contributed by atoms with Crippen LogP contribution < -0.4 is 0 Å². The highest BCUT2D eigenvalue weighted by Gasteiger charge is 2.37. The third-order valence-corrected chi connectivity index (χ3v) is 9.56. The van der Waals surface area contributed by atoms with Crippen LogP contribution in [0.15, 0.2) is 30.3 Å². The lowest BCUT2D eigenvalue weighted by atomic mass is 10.00. The summed E-state index contributed by atoms with van der Waals surface area (Å²) in [5, 5.41) is 0. The van der Waals surface area contributed by atoms with E-state index in [9.17, 15) is 9.13 Å². The highest BCUT2D eigenvalue weighted by Crippen LogP contribution is 2.55. The molecule has 0 radical (unpaired) electrons. The summed E-state index contributed by atoms with van der Waals surface area (Å²) in [4.78, 5) is 0. The van der Waals surface area contributed by atoms with Crippen molar-refractivity contribution in [3.8, 4) is 0 Å². The predicted octanol–water partition coefficient (Wildman–Crippen LogP) is 5.68. The van der Waals surface area contributed by atoms with Gasteiger partial charge in [-0.05, 0) is 39.2 Å². The summed E-state index contributed by atoms with van der Waals surface area (Å²) < 4.78 is 60.3. The summed E-state index contributed by atoms with van der Waals surface area (Å²) in [5.74, 6) is -0.206. The van der Waals surface area contributed by atoms with Gasteiger partial charge < -0.3 is 27.6 Å². The molecule has 0 aliphatic carbocycles. The Morgan fingerprint density at radius 1 is 0.812 bits per heavy atom. The van der Waals surface area contributed by atoms with Gasteiger partial charge in [0.05, 0.1) is 52.0 Å². The van der Waals surface area contributed by atoms with Gasteiger partial charge in [-0.1, -0.05) is 30.3 Å². The van der Waals surface area contributed by atoms with E-state index < -0.39 is 21.5 Å². The van der Waals surface area contributed by atoms with E-state index in [4.69, 9.17) is 27.6 Å². The molecule has 0 atom stereocenters. The second-order valence-corrected chi connectivity index (χ2v) is 11.8. The van der Waals surface area contributed by atoms with Crippen LogP contribution in [0.2, 0.25) is 0 Å². The molecule has 1 heterocycles. The van der Waals surface area contributed by atoms with Crippen molar-refractivity contribution < 1.29 is 36.7 Å². The molecule has 8 nitrogen and oxygen atoms in total. The van der Waals surface area contributed by atoms with Gasteiger partial charge in [0.1, 0.15) is 0 Å². The molecule has 0 aromatic heterocycles. The first-order valence-corrected chi connectivity index (χ1v) is 14.9. The Kier molecular flexibility index (Phi) is 12.1. The Labute approximate surface area is 192 Å². The van der Waals surface area contributed by atoms with Gasteiger partial charge in [-0.3, -0.25) is 9.13 Å². The number of ether oxygens (including phenoxy) is 2. The minimum Gasteiger partial charge on any atom is -0.352 e. The topological polar surface area (TPSA) is 89.5 Å². The van der Waals surface area contributed by atoms with Crippen LogP contribution >= 0.6 is 15.2 Å². The number of hydrogen-bond acceptors (Lipinski definition) is 8. The zero-order valence-electron chi connectivity index (χ0n) is 19.6. The van der Waals surface area contributed by atoms with Crippen molar-refractivity contribution in [1.82, 2.24) is 0 Å². The van der Waals surface area contributed by atoms with E-state index in [-0.39, 0.29) is 50.6 Å². The maximum absolute atomic E-state index is 13.2. The highest BCUT2D eigenvalue weighted by molar-refractivity contribution is 7.55. The molecule has 184 valence electrons. The lowest BCUT2D eigenvalue weighted by Gasteiger charge is -2.33. The van der Waals surface area contributed by atoms with Crippen molar-refractivity contribution in [2.45, 2.75) is 46.3 Å². The quantitative estimate of drug-likeness (QED) is 0.289. The average molecular weight is 492 g/mol. The van der Waals surface area contributed by atoms with Crippen molar-refractivity contribution in [1.29, 1.82) is 0 Å². The van der Waals surface area contributed by atoms with E-state index in [0.717, 1.165) is 5.56 Å². The van der Waals surface area contributed by atoms with Gasteiger partial charge >= 0.3 is 15.2 Å². The Morgan fingerprint density at radius 3 is 1.66 bits per heavy atom. The van der Waals surface area contributed by atoms with Crippen molar-refractivity contribution in [2.24, 2.45) is 5.92 Å². The first-order chi connectivity index (χ1) is 15.4. The maximum atomic E-state index is 13.2. The molecule has 10 heteroatoms. The van der Waals surface area contributed by atoms with E-state index in [0.29, 0.717) is 19.6 Å². The van der Waals surface area contributed by atoms with Crippen molar-refractivity contribution in [3.05, 3.63) is 35.9 Å². The van der Waals surface area contributed by atoms with Crippen LogP contribution in [0.1, 0.15) is 45.6 Å². The molecule has 1 fully saturated rings. The lowest BCUT2D eigenvalue weighted by Crippen LogP contribution is -2.33. The summed E-state index contributed by atoms with van der Waals surface area (Å²) in [6.07, 6.45) is 0.0535. The third kappa shape index (κ3) is 9.00. The molecule has 1 aromatic rings. The van der Waals surface area contributed by atoms with Crippen molar-refractivity contribution >= 4 is 15.2 Å². The van der Waals surface area contributed by atoms with Gasteiger partial charge in [-0.15, -0.1) is 0 Å². The monoisotopic (exact) mass is 492 g/mol. The van der Waals surface area contributed by atoms with Crippen molar-refractivity contribution in [2.75, 3.05) is 52.0 Å². The fourth-order valence-corrected chi connectivity index (χ4v) is 7.95. The van der Waals surface area contributed by atoms with Crippen LogP contribution in [0.5, 0.6) is 0 Å². The molecule has 0 N–H and O–H groups in total. The fourth-order valence-electron chi connectivity index (χ4n) is 3.78. The molecule has 0 spiro atoms. The van der Waals surface area contributed by atoms with Gasteiger partial charge in [0, 0.05) is 12.3 Å². The molecule has 1 aromatic carbocycles. The molecule has 1 saturated heterocycles. The Hall–Kier alpha value is -0.560. The van der Waals surface area contributed by atoms with Gasteiger partial charge in [0.25, 0.3) is 0 Å². The fraction of sp³-hybridized carbons (Fsp3) is 0.727. The molecule has 1 aliphatic heterocycles. The zero-order valence-corrected chi connectivity index (χ0v) is 21.4. The summed E-state index contributed by atoms with van der Waals surface area (Å²) in [7, 11) is -6.74. The van der Waals surface area contributed by atoms with Crippen LogP contribution in [0.25, 0.3) is 0 Å². The minimum absolute atomic E-state index is 0.0875. The first kappa shape index (κ1) is 27.7. The predicted molar refractivity (Wildman–Crippen MR) is 124 cm³/mol. The molecule has 0 unspecified atom stereocenters. The molecular weight excluding hydrogens is 454 g/mol. The summed E-state index contributed by atoms with van der Waals surface area (Å²) in [6.45, 7) is 9.14. The normalized spacial score (nSPS) is 20.0. The number of rotatable bonds is 15. The smallest absolute Gasteiger partial charge is 0.330 e. The van der Waals surface area contributed by atoms with Crippen LogP contribution in [-0.2, 0) is 36.7 Å². The van der Waals surface area contributed by atoms with Crippen LogP contribution in [-0.4, -0.2) is 58.3 Å². The SMILES string of the molecule is CCOP(=O)(CC(CC1OCC(c2ccccc2)CO1)CP(=O)(OCC)OCC)OCC. The summed E-state index contributed by atoms with van der Waals surface area (Å²) in [6, 6.07) is 10.1. The van der Waals surface area contributed by atoms with E-state index >= 15 is 0 Å². The minimum atomic E-state index is -3.37. The standard InChI is InChI=1S/C22H38O8P2/c1-5-27-31(23,28-6-2)17-19(18-32(24,29-7-3)30-8-4)14-22-25-15-21(16-26-22)20-12-10-9-11-13-20/h9-13,19,21-22H,5-8,14-18H2,1-4H3. The first-order valence-electron chi connectivity index (χ1n) is 11.4. The van der Waals surface area contributed by atoms with Crippen LogP contribution in [0, 0.1) is 5.92 Å². The van der Waals surface area contributed by atoms with Gasteiger partial charge in [-0.25, -0.2) is 0 Å². The molecule has 2 rings (SSSR count). The van der Waals surface area contributed by atoms with Crippen LogP contribution in [0.4, 0.5) is 0 Å². The Balaban J connectivity index is 2.10. The van der Waals surface area contributed by atoms with E-state index in [2.05, 4.69) is 12.1 Å². The highest BCUT2D eigenvalue weighted by atomic mass is 31.2. The number of hydrogen-bond donors (Lipinski definition) is 0. The summed E-state index contributed by atoms with van der Waals surface area (Å²) >= 11 is 0. The molecule has 32 heavy (non-hydrogen) atoms. The molecule has 0 saturated carbocycles. The van der Waals surface area contributed by atoms with E-state index in [1.807, 2.05) is 18.2 Å². The maximum Gasteiger partial charge on any atom is 0.330 e. The largest absolute Gasteiger partial charge is 0.352 e. The second-order valence-electron chi connectivity index (χ2n) is 7.56. The lowest BCUT2D eigenvalue weighted by molar-refractivity contribution is -0.193. The molecular formula is C22H38O8P2. The zero-order chi connectivity index (χ0) is 23.5. The van der Waals surface area contributed by atoms with Gasteiger partial charge in [0.2, 0.25) is 0 Å². The second kappa shape index (κ2) is 14.0. The molecule has 0 amide bonds. The Bertz CT molecular complexity index is 685.